The molecular formula is C16H28N4O2S. The van der Waals surface area contributed by atoms with Gasteiger partial charge in [-0.1, -0.05) is 20.8 Å². The first-order valence-corrected chi connectivity index (χ1v) is 10.2. The predicted molar refractivity (Wildman–Crippen MR) is 90.6 cm³/mol. The number of aromatic nitrogens is 2. The van der Waals surface area contributed by atoms with Gasteiger partial charge in [-0.2, -0.15) is 5.10 Å². The molecule has 1 aromatic rings. The van der Waals surface area contributed by atoms with Gasteiger partial charge < -0.3 is 0 Å². The van der Waals surface area contributed by atoms with Crippen molar-refractivity contribution in [2.24, 2.45) is 5.92 Å². The number of piperidine rings is 1. The lowest BCUT2D eigenvalue weighted by Crippen LogP contribution is -2.43. The summed E-state index contributed by atoms with van der Waals surface area (Å²) in [5, 5.41) is 7.59. The largest absolute Gasteiger partial charge is 0.293 e. The Bertz CT molecular complexity index is 662. The number of nitrogens with zero attached hydrogens (tertiary/aromatic N) is 3. The van der Waals surface area contributed by atoms with Crippen LogP contribution in [0.5, 0.6) is 0 Å². The van der Waals surface area contributed by atoms with Crippen LogP contribution in [0.1, 0.15) is 45.0 Å². The maximum atomic E-state index is 11.9. The van der Waals surface area contributed by atoms with Gasteiger partial charge in [0.15, 0.2) is 0 Å². The van der Waals surface area contributed by atoms with Gasteiger partial charge in [0.05, 0.1) is 11.9 Å². The first-order valence-electron chi connectivity index (χ1n) is 8.37. The van der Waals surface area contributed by atoms with Gasteiger partial charge in [0.1, 0.15) is 0 Å². The Morgan fingerprint density at radius 3 is 2.61 bits per heavy atom. The third kappa shape index (κ3) is 3.78. The van der Waals surface area contributed by atoms with E-state index in [1.165, 1.54) is 6.26 Å². The Hall–Kier alpha value is -0.920. The average molecular weight is 340 g/mol. The maximum absolute atomic E-state index is 11.9. The molecule has 0 spiro atoms. The third-order valence-corrected chi connectivity index (χ3v) is 6.27. The monoisotopic (exact) mass is 340 g/mol. The number of H-pyrrole nitrogens is 1. The zero-order valence-electron chi connectivity index (χ0n) is 14.5. The quantitative estimate of drug-likeness (QED) is 0.907. The summed E-state index contributed by atoms with van der Waals surface area (Å²) >= 11 is 0. The molecule has 0 saturated carbocycles. The molecule has 1 aromatic heterocycles. The van der Waals surface area contributed by atoms with Gasteiger partial charge in [0, 0.05) is 43.3 Å². The van der Waals surface area contributed by atoms with E-state index in [-0.39, 0.29) is 5.41 Å². The van der Waals surface area contributed by atoms with E-state index < -0.39 is 10.0 Å². The number of fused-ring (bicyclic) bond motifs is 4. The van der Waals surface area contributed by atoms with Gasteiger partial charge in [0.2, 0.25) is 10.0 Å². The SMILES string of the molecule is CC(C)(C)c1cc(CN2C[C@H]3CC[C@@H]2CN(S(C)(=O)=O)C3)[nH]n1. The Balaban J connectivity index is 1.73. The molecule has 23 heavy (non-hydrogen) atoms. The van der Waals surface area contributed by atoms with Crippen molar-refractivity contribution < 1.29 is 8.42 Å². The van der Waals surface area contributed by atoms with Crippen LogP contribution in [0.15, 0.2) is 6.07 Å². The van der Waals surface area contributed by atoms with Crippen molar-refractivity contribution in [2.45, 2.75) is 51.6 Å². The molecule has 2 bridgehead atoms. The summed E-state index contributed by atoms with van der Waals surface area (Å²) in [6.07, 6.45) is 3.53. The third-order valence-electron chi connectivity index (χ3n) is 5.04. The topological polar surface area (TPSA) is 69.3 Å². The van der Waals surface area contributed by atoms with Gasteiger partial charge in [-0.3, -0.25) is 10.00 Å². The highest BCUT2D eigenvalue weighted by molar-refractivity contribution is 7.88. The van der Waals surface area contributed by atoms with Gasteiger partial charge in [-0.25, -0.2) is 12.7 Å². The molecule has 3 saturated heterocycles. The molecule has 0 amide bonds. The summed E-state index contributed by atoms with van der Waals surface area (Å²) in [6.45, 7) is 9.56. The van der Waals surface area contributed by atoms with E-state index in [1.54, 1.807) is 4.31 Å². The van der Waals surface area contributed by atoms with Crippen LogP contribution < -0.4 is 0 Å². The van der Waals surface area contributed by atoms with E-state index in [2.05, 4.69) is 41.9 Å². The smallest absolute Gasteiger partial charge is 0.211 e. The minimum Gasteiger partial charge on any atom is -0.293 e. The summed E-state index contributed by atoms with van der Waals surface area (Å²) in [5.41, 5.74) is 2.23. The van der Waals surface area contributed by atoms with E-state index >= 15 is 0 Å². The first kappa shape index (κ1) is 16.9. The Labute approximate surface area is 139 Å². The number of sulfonamides is 1. The predicted octanol–water partition coefficient (Wildman–Crippen LogP) is 1.56. The van der Waals surface area contributed by atoms with E-state index in [1.807, 2.05) is 0 Å². The lowest BCUT2D eigenvalue weighted by molar-refractivity contribution is 0.124. The van der Waals surface area contributed by atoms with Crippen LogP contribution in [-0.2, 0) is 22.0 Å². The van der Waals surface area contributed by atoms with Crippen LogP contribution >= 0.6 is 0 Å². The minimum absolute atomic E-state index is 0.0413. The fourth-order valence-electron chi connectivity index (χ4n) is 3.65. The molecular weight excluding hydrogens is 312 g/mol. The molecule has 3 aliphatic rings. The molecule has 0 aliphatic carbocycles. The second kappa shape index (κ2) is 5.86. The van der Waals surface area contributed by atoms with E-state index in [0.717, 1.165) is 37.3 Å². The number of aromatic amines is 1. The highest BCUT2D eigenvalue weighted by Gasteiger charge is 2.37. The average Bonchev–Trinajstić information content (AvgIpc) is 2.69. The van der Waals surface area contributed by atoms with Crippen LogP contribution in [-0.4, -0.2) is 59.8 Å². The van der Waals surface area contributed by atoms with Crippen molar-refractivity contribution in [3.05, 3.63) is 17.5 Å². The standard InChI is InChI=1S/C16H28N4O2S/c1-16(2,3)15-7-13(17-18-15)10-19-8-12-5-6-14(19)11-20(9-12)23(4,21)22/h7,12,14H,5-6,8-11H2,1-4H3,(H,17,18)/t12-,14-/m1/s1. The normalized spacial score (nSPS) is 27.3. The summed E-state index contributed by atoms with van der Waals surface area (Å²) in [4.78, 5) is 2.43. The molecule has 0 radical (unpaired) electrons. The molecule has 0 unspecified atom stereocenters. The number of hydrogen-bond donors (Lipinski definition) is 1. The lowest BCUT2D eigenvalue weighted by atomic mass is 9.92. The van der Waals surface area contributed by atoms with Crippen molar-refractivity contribution in [2.75, 3.05) is 25.9 Å². The minimum atomic E-state index is -3.10. The van der Waals surface area contributed by atoms with Crippen molar-refractivity contribution in [3.63, 3.8) is 0 Å². The molecule has 7 heteroatoms. The summed E-state index contributed by atoms with van der Waals surface area (Å²) in [6, 6.07) is 2.46. The molecule has 1 N–H and O–H groups in total. The maximum Gasteiger partial charge on any atom is 0.211 e. The molecule has 3 fully saturated rings. The van der Waals surface area contributed by atoms with Gasteiger partial charge >= 0.3 is 0 Å². The second-order valence-corrected chi connectivity index (χ2v) is 10.1. The molecule has 4 rings (SSSR count). The molecule has 4 heterocycles. The van der Waals surface area contributed by atoms with E-state index in [9.17, 15) is 8.42 Å². The number of hydrogen-bond acceptors (Lipinski definition) is 4. The van der Waals surface area contributed by atoms with E-state index in [0.29, 0.717) is 25.0 Å². The Morgan fingerprint density at radius 1 is 1.26 bits per heavy atom. The summed E-state index contributed by atoms with van der Waals surface area (Å²) in [5.74, 6) is 0.438. The van der Waals surface area contributed by atoms with Crippen molar-refractivity contribution in [1.29, 1.82) is 0 Å². The molecule has 3 aliphatic heterocycles. The Kier molecular flexibility index (Phi) is 4.31. The molecule has 0 aromatic carbocycles. The van der Waals surface area contributed by atoms with Crippen LogP contribution in [0.25, 0.3) is 0 Å². The number of rotatable bonds is 3. The molecule has 2 atom stereocenters. The number of nitrogens with one attached hydrogen (secondary N) is 1. The van der Waals surface area contributed by atoms with Crippen LogP contribution in [0, 0.1) is 5.92 Å². The van der Waals surface area contributed by atoms with Crippen molar-refractivity contribution in [1.82, 2.24) is 19.4 Å². The molecule has 6 nitrogen and oxygen atoms in total. The van der Waals surface area contributed by atoms with E-state index in [4.69, 9.17) is 0 Å². The zero-order chi connectivity index (χ0) is 16.8. The van der Waals surface area contributed by atoms with Gasteiger partial charge in [0.25, 0.3) is 0 Å². The van der Waals surface area contributed by atoms with Crippen LogP contribution in [0.2, 0.25) is 0 Å². The highest BCUT2D eigenvalue weighted by atomic mass is 32.2. The van der Waals surface area contributed by atoms with Gasteiger partial charge in [-0.15, -0.1) is 0 Å². The zero-order valence-corrected chi connectivity index (χ0v) is 15.4. The van der Waals surface area contributed by atoms with Crippen LogP contribution in [0.4, 0.5) is 0 Å². The molecule has 130 valence electrons. The second-order valence-electron chi connectivity index (χ2n) is 8.14. The first-order chi connectivity index (χ1) is 10.6. The van der Waals surface area contributed by atoms with Crippen LogP contribution in [0.3, 0.4) is 0 Å². The fraction of sp³-hybridized carbons (Fsp3) is 0.812. The van der Waals surface area contributed by atoms with Crippen molar-refractivity contribution >= 4 is 10.0 Å². The fourth-order valence-corrected chi connectivity index (χ4v) is 4.57. The summed E-state index contributed by atoms with van der Waals surface area (Å²) in [7, 11) is -3.10. The lowest BCUT2D eigenvalue weighted by Gasteiger charge is -2.35. The highest BCUT2D eigenvalue weighted by Crippen LogP contribution is 2.30. The van der Waals surface area contributed by atoms with Gasteiger partial charge in [-0.05, 0) is 24.8 Å². The Morgan fingerprint density at radius 2 is 2.00 bits per heavy atom. The summed E-state index contributed by atoms with van der Waals surface area (Å²) < 4.78 is 25.5. The van der Waals surface area contributed by atoms with Crippen molar-refractivity contribution in [3.8, 4) is 0 Å².